The molecule has 5 heteroatoms. The standard InChI is InChI=1S/C16H18N4S/c1-2-17-11-5-8-15-19-20-16(21-15)14-10-9-12-6-3-4-7-13(12)18-14/h3-4,6-7,9-10,17H,2,5,8,11H2,1H3. The lowest BCUT2D eigenvalue weighted by molar-refractivity contribution is 0.669. The number of hydrogen-bond acceptors (Lipinski definition) is 5. The molecule has 21 heavy (non-hydrogen) atoms. The van der Waals surface area contributed by atoms with E-state index in [9.17, 15) is 0 Å². The lowest BCUT2D eigenvalue weighted by Gasteiger charge is -1.99. The van der Waals surface area contributed by atoms with Crippen molar-refractivity contribution in [1.29, 1.82) is 0 Å². The first-order chi connectivity index (χ1) is 10.4. The van der Waals surface area contributed by atoms with Crippen molar-refractivity contribution in [2.75, 3.05) is 13.1 Å². The van der Waals surface area contributed by atoms with E-state index in [1.807, 2.05) is 24.3 Å². The second-order valence-electron chi connectivity index (χ2n) is 4.85. The average Bonchev–Trinajstić information content (AvgIpc) is 3.00. The van der Waals surface area contributed by atoms with Gasteiger partial charge in [0.05, 0.1) is 5.52 Å². The Bertz CT molecular complexity index is 723. The minimum atomic E-state index is 0.902. The third kappa shape index (κ3) is 3.43. The Balaban J connectivity index is 1.75. The molecule has 0 unspecified atom stereocenters. The zero-order valence-electron chi connectivity index (χ0n) is 12.0. The minimum Gasteiger partial charge on any atom is -0.317 e. The molecule has 3 rings (SSSR count). The number of aromatic nitrogens is 3. The van der Waals surface area contributed by atoms with Crippen molar-refractivity contribution in [2.24, 2.45) is 0 Å². The average molecular weight is 298 g/mol. The summed E-state index contributed by atoms with van der Waals surface area (Å²) in [4.78, 5) is 4.66. The number of nitrogens with one attached hydrogen (secondary N) is 1. The molecule has 4 nitrogen and oxygen atoms in total. The molecular formula is C16H18N4S. The smallest absolute Gasteiger partial charge is 0.166 e. The first-order valence-electron chi connectivity index (χ1n) is 7.26. The van der Waals surface area contributed by atoms with E-state index < -0.39 is 0 Å². The maximum Gasteiger partial charge on any atom is 0.166 e. The number of benzene rings is 1. The van der Waals surface area contributed by atoms with Gasteiger partial charge in [-0.2, -0.15) is 0 Å². The van der Waals surface area contributed by atoms with Crippen LogP contribution in [0.4, 0.5) is 0 Å². The lowest BCUT2D eigenvalue weighted by Crippen LogP contribution is -2.14. The van der Waals surface area contributed by atoms with Crippen LogP contribution in [0.1, 0.15) is 18.4 Å². The van der Waals surface area contributed by atoms with Crippen molar-refractivity contribution in [3.63, 3.8) is 0 Å². The zero-order chi connectivity index (χ0) is 14.5. The number of nitrogens with zero attached hydrogens (tertiary/aromatic N) is 3. The molecule has 0 aliphatic rings. The topological polar surface area (TPSA) is 50.7 Å². The maximum atomic E-state index is 4.66. The van der Waals surface area contributed by atoms with Crippen LogP contribution < -0.4 is 5.32 Å². The highest BCUT2D eigenvalue weighted by Gasteiger charge is 2.08. The highest BCUT2D eigenvalue weighted by atomic mass is 32.1. The second-order valence-corrected chi connectivity index (χ2v) is 5.91. The summed E-state index contributed by atoms with van der Waals surface area (Å²) in [5, 5.41) is 15.0. The highest BCUT2D eigenvalue weighted by molar-refractivity contribution is 7.14. The molecule has 0 spiro atoms. The fourth-order valence-electron chi connectivity index (χ4n) is 2.18. The fraction of sp³-hybridized carbons (Fsp3) is 0.312. The minimum absolute atomic E-state index is 0.902. The lowest BCUT2D eigenvalue weighted by atomic mass is 10.2. The Hall–Kier alpha value is -1.85. The molecule has 0 atom stereocenters. The Morgan fingerprint density at radius 3 is 2.90 bits per heavy atom. The zero-order valence-corrected chi connectivity index (χ0v) is 12.9. The molecule has 1 aromatic carbocycles. The van der Waals surface area contributed by atoms with Crippen LogP contribution in [0.15, 0.2) is 36.4 Å². The van der Waals surface area contributed by atoms with Crippen LogP contribution in [0.25, 0.3) is 21.6 Å². The van der Waals surface area contributed by atoms with Gasteiger partial charge in [-0.3, -0.25) is 0 Å². The number of aryl methyl sites for hydroxylation is 1. The van der Waals surface area contributed by atoms with Crippen molar-refractivity contribution in [2.45, 2.75) is 19.8 Å². The summed E-state index contributed by atoms with van der Waals surface area (Å²) >= 11 is 1.64. The molecule has 2 heterocycles. The van der Waals surface area contributed by atoms with E-state index in [0.29, 0.717) is 0 Å². The molecule has 0 radical (unpaired) electrons. The molecule has 0 saturated heterocycles. The van der Waals surface area contributed by atoms with Crippen LogP contribution in [-0.4, -0.2) is 28.3 Å². The van der Waals surface area contributed by atoms with E-state index in [1.165, 1.54) is 0 Å². The largest absolute Gasteiger partial charge is 0.317 e. The normalized spacial score (nSPS) is 11.1. The van der Waals surface area contributed by atoms with E-state index >= 15 is 0 Å². The molecule has 1 N–H and O–H groups in total. The van der Waals surface area contributed by atoms with Crippen molar-refractivity contribution in [3.05, 3.63) is 41.4 Å². The Kier molecular flexibility index (Phi) is 4.52. The van der Waals surface area contributed by atoms with Crippen LogP contribution in [-0.2, 0) is 6.42 Å². The summed E-state index contributed by atoms with van der Waals surface area (Å²) in [7, 11) is 0. The second kappa shape index (κ2) is 6.74. The molecular weight excluding hydrogens is 280 g/mol. The molecule has 2 aromatic heterocycles. The monoisotopic (exact) mass is 298 g/mol. The third-order valence-electron chi connectivity index (χ3n) is 3.28. The van der Waals surface area contributed by atoms with Crippen LogP contribution in [0, 0.1) is 0 Å². The molecule has 0 aliphatic carbocycles. The molecule has 0 saturated carbocycles. The van der Waals surface area contributed by atoms with E-state index in [1.54, 1.807) is 11.3 Å². The Labute approximate surface area is 128 Å². The van der Waals surface area contributed by atoms with E-state index in [0.717, 1.165) is 52.5 Å². The van der Waals surface area contributed by atoms with Gasteiger partial charge in [-0.15, -0.1) is 10.2 Å². The Morgan fingerprint density at radius 1 is 1.10 bits per heavy atom. The van der Waals surface area contributed by atoms with E-state index in [2.05, 4.69) is 39.6 Å². The summed E-state index contributed by atoms with van der Waals surface area (Å²) < 4.78 is 0. The molecule has 108 valence electrons. The first kappa shape index (κ1) is 14.1. The van der Waals surface area contributed by atoms with Gasteiger partial charge >= 0.3 is 0 Å². The van der Waals surface area contributed by atoms with E-state index in [-0.39, 0.29) is 0 Å². The summed E-state index contributed by atoms with van der Waals surface area (Å²) in [5.41, 5.74) is 1.91. The van der Waals surface area contributed by atoms with Crippen molar-refractivity contribution < 1.29 is 0 Å². The van der Waals surface area contributed by atoms with Gasteiger partial charge in [0, 0.05) is 11.8 Å². The number of fused-ring (bicyclic) bond motifs is 1. The summed E-state index contributed by atoms with van der Waals surface area (Å²) in [6, 6.07) is 12.2. The molecule has 0 aliphatic heterocycles. The van der Waals surface area contributed by atoms with Gasteiger partial charge in [0.25, 0.3) is 0 Å². The summed E-state index contributed by atoms with van der Waals surface area (Å²) in [6.45, 7) is 4.16. The predicted octanol–water partition coefficient (Wildman–Crippen LogP) is 3.30. The highest BCUT2D eigenvalue weighted by Crippen LogP contribution is 2.24. The van der Waals surface area contributed by atoms with Crippen LogP contribution in [0.5, 0.6) is 0 Å². The first-order valence-corrected chi connectivity index (χ1v) is 8.07. The number of para-hydroxylation sites is 1. The molecule has 0 fully saturated rings. The Morgan fingerprint density at radius 2 is 2.00 bits per heavy atom. The SMILES string of the molecule is CCNCCCc1nnc(-c2ccc3ccccc3n2)s1. The number of pyridine rings is 1. The summed E-state index contributed by atoms with van der Waals surface area (Å²) in [5.74, 6) is 0. The third-order valence-corrected chi connectivity index (χ3v) is 4.28. The van der Waals surface area contributed by atoms with Gasteiger partial charge in [-0.05, 0) is 31.6 Å². The van der Waals surface area contributed by atoms with Gasteiger partial charge in [0.1, 0.15) is 10.7 Å². The maximum absolute atomic E-state index is 4.66. The quantitative estimate of drug-likeness (QED) is 0.709. The fourth-order valence-corrected chi connectivity index (χ4v) is 3.04. The van der Waals surface area contributed by atoms with Crippen molar-refractivity contribution in [3.8, 4) is 10.7 Å². The van der Waals surface area contributed by atoms with Crippen LogP contribution in [0.3, 0.4) is 0 Å². The van der Waals surface area contributed by atoms with Crippen LogP contribution >= 0.6 is 11.3 Å². The van der Waals surface area contributed by atoms with Gasteiger partial charge in [0.2, 0.25) is 0 Å². The van der Waals surface area contributed by atoms with Gasteiger partial charge < -0.3 is 5.32 Å². The molecule has 3 aromatic rings. The number of rotatable bonds is 6. The number of hydrogen-bond donors (Lipinski definition) is 1. The molecule has 0 amide bonds. The van der Waals surface area contributed by atoms with Gasteiger partial charge in [0.15, 0.2) is 5.01 Å². The summed E-state index contributed by atoms with van der Waals surface area (Å²) in [6.07, 6.45) is 2.06. The van der Waals surface area contributed by atoms with Crippen molar-refractivity contribution >= 4 is 22.2 Å². The van der Waals surface area contributed by atoms with Gasteiger partial charge in [-0.1, -0.05) is 42.5 Å². The van der Waals surface area contributed by atoms with Gasteiger partial charge in [-0.25, -0.2) is 4.98 Å². The molecule has 0 bridgehead atoms. The van der Waals surface area contributed by atoms with Crippen molar-refractivity contribution in [1.82, 2.24) is 20.5 Å². The van der Waals surface area contributed by atoms with E-state index in [4.69, 9.17) is 0 Å². The predicted molar refractivity (Wildman–Crippen MR) is 87.5 cm³/mol. The van der Waals surface area contributed by atoms with Crippen LogP contribution in [0.2, 0.25) is 0 Å².